The Balaban J connectivity index is 2.23. The van der Waals surface area contributed by atoms with E-state index in [1.54, 1.807) is 11.3 Å². The fourth-order valence-electron chi connectivity index (χ4n) is 2.62. The number of carbonyl (C=O) groups is 1. The van der Waals surface area contributed by atoms with E-state index < -0.39 is 5.97 Å². The Kier molecular flexibility index (Phi) is 4.38. The van der Waals surface area contributed by atoms with Crippen molar-refractivity contribution in [3.05, 3.63) is 15.6 Å². The molecule has 1 aliphatic rings. The number of thiazole rings is 1. The van der Waals surface area contributed by atoms with E-state index in [0.29, 0.717) is 11.8 Å². The predicted molar refractivity (Wildman–Crippen MR) is 73.4 cm³/mol. The molecular formula is C14H21NO2S. The highest BCUT2D eigenvalue weighted by Crippen LogP contribution is 2.37. The number of hydrogen-bond acceptors (Lipinski definition) is 3. The van der Waals surface area contributed by atoms with Crippen molar-refractivity contribution >= 4 is 17.3 Å². The van der Waals surface area contributed by atoms with Crippen LogP contribution in [0.15, 0.2) is 0 Å². The molecule has 1 saturated carbocycles. The Morgan fingerprint density at radius 3 is 2.61 bits per heavy atom. The summed E-state index contributed by atoms with van der Waals surface area (Å²) in [4.78, 5) is 16.6. The average Bonchev–Trinajstić information content (AvgIpc) is 2.73. The van der Waals surface area contributed by atoms with Gasteiger partial charge < -0.3 is 5.11 Å². The fourth-order valence-corrected chi connectivity index (χ4v) is 4.00. The van der Waals surface area contributed by atoms with Gasteiger partial charge in [-0.25, -0.2) is 4.98 Å². The molecule has 1 aliphatic carbocycles. The first kappa shape index (κ1) is 13.5. The van der Waals surface area contributed by atoms with Gasteiger partial charge in [0.2, 0.25) is 0 Å². The van der Waals surface area contributed by atoms with Crippen molar-refractivity contribution in [3.8, 4) is 0 Å². The van der Waals surface area contributed by atoms with Crippen molar-refractivity contribution in [2.24, 2.45) is 0 Å². The molecule has 18 heavy (non-hydrogen) atoms. The summed E-state index contributed by atoms with van der Waals surface area (Å²) in [6.45, 7) is 4.18. The van der Waals surface area contributed by atoms with Crippen LogP contribution in [0.3, 0.4) is 0 Å². The van der Waals surface area contributed by atoms with E-state index in [2.05, 4.69) is 13.8 Å². The lowest BCUT2D eigenvalue weighted by atomic mass is 9.90. The number of aliphatic carboxylic acids is 1. The summed E-state index contributed by atoms with van der Waals surface area (Å²) in [5, 5.41) is 10.1. The molecule has 1 aromatic rings. The van der Waals surface area contributed by atoms with Crippen LogP contribution in [0.5, 0.6) is 0 Å². The third kappa shape index (κ3) is 3.10. The molecule has 0 spiro atoms. The predicted octanol–water partition coefficient (Wildman–Crippen LogP) is 3.94. The molecule has 1 aromatic heterocycles. The molecule has 2 rings (SSSR count). The van der Waals surface area contributed by atoms with Crippen LogP contribution < -0.4 is 0 Å². The maximum Gasteiger partial charge on any atom is 0.308 e. The lowest BCUT2D eigenvalue weighted by Crippen LogP contribution is -2.04. The number of nitrogens with zero attached hydrogens (tertiary/aromatic N) is 1. The Morgan fingerprint density at radius 1 is 1.39 bits per heavy atom. The van der Waals surface area contributed by atoms with Gasteiger partial charge in [0.25, 0.3) is 0 Å². The minimum Gasteiger partial charge on any atom is -0.481 e. The third-order valence-electron chi connectivity index (χ3n) is 3.56. The smallest absolute Gasteiger partial charge is 0.308 e. The van der Waals surface area contributed by atoms with Crippen molar-refractivity contribution in [1.82, 2.24) is 4.98 Å². The third-order valence-corrected chi connectivity index (χ3v) is 4.79. The van der Waals surface area contributed by atoms with Crippen LogP contribution in [0, 0.1) is 0 Å². The Bertz CT molecular complexity index is 419. The minimum absolute atomic E-state index is 0.123. The summed E-state index contributed by atoms with van der Waals surface area (Å²) < 4.78 is 0. The van der Waals surface area contributed by atoms with Gasteiger partial charge in [-0.15, -0.1) is 11.3 Å². The van der Waals surface area contributed by atoms with Gasteiger partial charge in [0, 0.05) is 10.8 Å². The zero-order chi connectivity index (χ0) is 13.1. The Morgan fingerprint density at radius 2 is 2.06 bits per heavy atom. The van der Waals surface area contributed by atoms with Gasteiger partial charge in [0.15, 0.2) is 0 Å². The van der Waals surface area contributed by atoms with Crippen molar-refractivity contribution in [2.75, 3.05) is 0 Å². The largest absolute Gasteiger partial charge is 0.481 e. The molecule has 0 amide bonds. The van der Waals surface area contributed by atoms with Crippen molar-refractivity contribution in [1.29, 1.82) is 0 Å². The molecule has 0 bridgehead atoms. The summed E-state index contributed by atoms with van der Waals surface area (Å²) in [7, 11) is 0. The van der Waals surface area contributed by atoms with E-state index in [1.807, 2.05) is 0 Å². The number of rotatable bonds is 4. The van der Waals surface area contributed by atoms with E-state index in [-0.39, 0.29) is 6.42 Å². The molecule has 1 heterocycles. The van der Waals surface area contributed by atoms with Gasteiger partial charge in [-0.1, -0.05) is 33.1 Å². The molecule has 100 valence electrons. The van der Waals surface area contributed by atoms with E-state index in [0.717, 1.165) is 10.6 Å². The summed E-state index contributed by atoms with van der Waals surface area (Å²) in [5.41, 5.74) is 1.00. The van der Waals surface area contributed by atoms with Crippen LogP contribution in [-0.2, 0) is 11.2 Å². The van der Waals surface area contributed by atoms with E-state index in [9.17, 15) is 4.79 Å². The zero-order valence-corrected chi connectivity index (χ0v) is 11.9. The number of carboxylic acid groups (broad SMARTS) is 1. The van der Waals surface area contributed by atoms with Gasteiger partial charge in [0.1, 0.15) is 0 Å². The fraction of sp³-hybridized carbons (Fsp3) is 0.714. The molecule has 0 radical (unpaired) electrons. The van der Waals surface area contributed by atoms with Gasteiger partial charge in [-0.2, -0.15) is 0 Å². The molecule has 0 saturated heterocycles. The van der Waals surface area contributed by atoms with E-state index >= 15 is 0 Å². The molecule has 1 N–H and O–H groups in total. The maximum absolute atomic E-state index is 10.9. The lowest BCUT2D eigenvalue weighted by Gasteiger charge is -2.19. The van der Waals surface area contributed by atoms with Crippen molar-refractivity contribution in [2.45, 2.75) is 64.2 Å². The molecule has 1 fully saturated rings. The normalized spacial score (nSPS) is 17.3. The monoisotopic (exact) mass is 267 g/mol. The minimum atomic E-state index is -0.754. The van der Waals surface area contributed by atoms with Crippen LogP contribution in [0.25, 0.3) is 0 Å². The average molecular weight is 267 g/mol. The first-order valence-electron chi connectivity index (χ1n) is 6.79. The van der Waals surface area contributed by atoms with Gasteiger partial charge in [-0.05, 0) is 18.8 Å². The van der Waals surface area contributed by atoms with Crippen LogP contribution in [-0.4, -0.2) is 16.1 Å². The molecule has 3 nitrogen and oxygen atoms in total. The quantitative estimate of drug-likeness (QED) is 0.899. The van der Waals surface area contributed by atoms with Crippen LogP contribution in [0.4, 0.5) is 0 Å². The second kappa shape index (κ2) is 5.83. The maximum atomic E-state index is 10.9. The number of hydrogen-bond donors (Lipinski definition) is 1. The zero-order valence-electron chi connectivity index (χ0n) is 11.1. The number of aromatic nitrogens is 1. The number of carboxylic acids is 1. The van der Waals surface area contributed by atoms with Crippen LogP contribution in [0.2, 0.25) is 0 Å². The van der Waals surface area contributed by atoms with Gasteiger partial charge in [-0.3, -0.25) is 4.79 Å². The van der Waals surface area contributed by atoms with Crippen LogP contribution >= 0.6 is 11.3 Å². The lowest BCUT2D eigenvalue weighted by molar-refractivity contribution is -0.136. The molecule has 0 aromatic carbocycles. The van der Waals surface area contributed by atoms with E-state index in [4.69, 9.17) is 10.1 Å². The van der Waals surface area contributed by atoms with Crippen LogP contribution in [0.1, 0.15) is 73.4 Å². The van der Waals surface area contributed by atoms with Crippen molar-refractivity contribution in [3.63, 3.8) is 0 Å². The first-order chi connectivity index (χ1) is 8.58. The van der Waals surface area contributed by atoms with Gasteiger partial charge >= 0.3 is 5.97 Å². The Labute approximate surface area is 112 Å². The highest BCUT2D eigenvalue weighted by Gasteiger charge is 2.23. The highest BCUT2D eigenvalue weighted by molar-refractivity contribution is 7.12. The standard InChI is InChI=1S/C14H21NO2S/c1-9(2)13-11(8-12(16)17)18-14(15-13)10-6-4-3-5-7-10/h9-10H,3-8H2,1-2H3,(H,16,17). The highest BCUT2D eigenvalue weighted by atomic mass is 32.1. The topological polar surface area (TPSA) is 50.2 Å². The molecule has 0 unspecified atom stereocenters. The summed E-state index contributed by atoms with van der Waals surface area (Å²) in [6.07, 6.45) is 6.47. The molecule has 0 aliphatic heterocycles. The summed E-state index contributed by atoms with van der Waals surface area (Å²) in [5.74, 6) is 0.132. The molecular weight excluding hydrogens is 246 g/mol. The SMILES string of the molecule is CC(C)c1nc(C2CCCCC2)sc1CC(=O)O. The van der Waals surface area contributed by atoms with Crippen molar-refractivity contribution < 1.29 is 9.90 Å². The second-order valence-electron chi connectivity index (χ2n) is 5.42. The summed E-state index contributed by atoms with van der Waals surface area (Å²) >= 11 is 1.63. The summed E-state index contributed by atoms with van der Waals surface area (Å²) in [6, 6.07) is 0. The van der Waals surface area contributed by atoms with Gasteiger partial charge in [0.05, 0.1) is 17.1 Å². The first-order valence-corrected chi connectivity index (χ1v) is 7.61. The second-order valence-corrected chi connectivity index (χ2v) is 6.54. The molecule has 0 atom stereocenters. The molecule has 4 heteroatoms. The van der Waals surface area contributed by atoms with E-state index in [1.165, 1.54) is 37.1 Å². The Hall–Kier alpha value is -0.900.